The predicted octanol–water partition coefficient (Wildman–Crippen LogP) is 3.70. The Bertz CT molecular complexity index is 1100. The SMILES string of the molecule is CSCCC(NC(=O)c1ccc(-c2cc(=O)c3cc(C)ccc3o2)cc1)C(=O)O. The van der Waals surface area contributed by atoms with Gasteiger partial charge in [-0.25, -0.2) is 4.79 Å². The van der Waals surface area contributed by atoms with E-state index in [4.69, 9.17) is 4.42 Å². The van der Waals surface area contributed by atoms with Crippen molar-refractivity contribution in [2.24, 2.45) is 0 Å². The summed E-state index contributed by atoms with van der Waals surface area (Å²) in [7, 11) is 0. The quantitative estimate of drug-likeness (QED) is 0.615. The van der Waals surface area contributed by atoms with Crippen molar-refractivity contribution in [1.82, 2.24) is 5.32 Å². The van der Waals surface area contributed by atoms with Gasteiger partial charge in [0, 0.05) is 17.2 Å². The lowest BCUT2D eigenvalue weighted by Gasteiger charge is -2.14. The van der Waals surface area contributed by atoms with Crippen molar-refractivity contribution in [3.8, 4) is 11.3 Å². The molecule has 1 unspecified atom stereocenters. The van der Waals surface area contributed by atoms with E-state index in [0.29, 0.717) is 40.0 Å². The van der Waals surface area contributed by atoms with E-state index in [2.05, 4.69) is 5.32 Å². The number of carboxylic acids is 1. The molecule has 6 nitrogen and oxygen atoms in total. The molecule has 0 aliphatic heterocycles. The number of nitrogens with one attached hydrogen (secondary N) is 1. The summed E-state index contributed by atoms with van der Waals surface area (Å²) in [5.41, 5.74) is 2.33. The van der Waals surface area contributed by atoms with Crippen molar-refractivity contribution in [2.75, 3.05) is 12.0 Å². The fourth-order valence-corrected chi connectivity index (χ4v) is 3.40. The Labute approximate surface area is 171 Å². The largest absolute Gasteiger partial charge is 0.480 e. The lowest BCUT2D eigenvalue weighted by molar-refractivity contribution is -0.139. The summed E-state index contributed by atoms with van der Waals surface area (Å²) in [5, 5.41) is 12.3. The lowest BCUT2D eigenvalue weighted by atomic mass is 10.1. The molecule has 0 spiro atoms. The molecule has 1 atom stereocenters. The number of aryl methyl sites for hydroxylation is 1. The van der Waals surface area contributed by atoms with Crippen LogP contribution in [0, 0.1) is 6.92 Å². The minimum atomic E-state index is -1.06. The smallest absolute Gasteiger partial charge is 0.326 e. The second-order valence-corrected chi connectivity index (χ2v) is 7.68. The van der Waals surface area contributed by atoms with Gasteiger partial charge in [-0.1, -0.05) is 23.8 Å². The molecule has 0 bridgehead atoms. The Morgan fingerprint density at radius 1 is 1.14 bits per heavy atom. The van der Waals surface area contributed by atoms with Crippen molar-refractivity contribution in [3.63, 3.8) is 0 Å². The van der Waals surface area contributed by atoms with Gasteiger partial charge in [0.05, 0.1) is 5.39 Å². The Morgan fingerprint density at radius 2 is 1.86 bits per heavy atom. The average Bonchev–Trinajstić information content (AvgIpc) is 2.71. The first-order valence-corrected chi connectivity index (χ1v) is 10.5. The van der Waals surface area contributed by atoms with E-state index in [1.54, 1.807) is 36.4 Å². The van der Waals surface area contributed by atoms with Gasteiger partial charge in [0.25, 0.3) is 5.91 Å². The summed E-state index contributed by atoms with van der Waals surface area (Å²) >= 11 is 1.52. The molecule has 2 aromatic carbocycles. The molecular weight excluding hydrogens is 390 g/mol. The summed E-state index contributed by atoms with van der Waals surface area (Å²) < 4.78 is 5.84. The summed E-state index contributed by atoms with van der Waals surface area (Å²) in [5.74, 6) is -0.476. The first kappa shape index (κ1) is 20.7. The van der Waals surface area contributed by atoms with Gasteiger partial charge in [-0.15, -0.1) is 0 Å². The number of carbonyl (C=O) groups is 2. The van der Waals surface area contributed by atoms with E-state index in [1.165, 1.54) is 17.8 Å². The van der Waals surface area contributed by atoms with Crippen LogP contribution in [0.2, 0.25) is 0 Å². The van der Waals surface area contributed by atoms with Crippen LogP contribution in [-0.2, 0) is 4.79 Å². The number of thioether (sulfide) groups is 1. The van der Waals surface area contributed by atoms with Crippen LogP contribution in [0.5, 0.6) is 0 Å². The molecule has 7 heteroatoms. The van der Waals surface area contributed by atoms with Crippen molar-refractivity contribution in [3.05, 3.63) is 69.9 Å². The highest BCUT2D eigenvalue weighted by Gasteiger charge is 2.20. The van der Waals surface area contributed by atoms with Crippen molar-refractivity contribution in [2.45, 2.75) is 19.4 Å². The molecule has 3 rings (SSSR count). The molecule has 3 aromatic rings. The fraction of sp³-hybridized carbons (Fsp3) is 0.227. The second-order valence-electron chi connectivity index (χ2n) is 6.70. The molecule has 150 valence electrons. The lowest BCUT2D eigenvalue weighted by Crippen LogP contribution is -2.41. The maximum Gasteiger partial charge on any atom is 0.326 e. The number of aliphatic carboxylic acids is 1. The third-order valence-electron chi connectivity index (χ3n) is 4.53. The van der Waals surface area contributed by atoms with Gasteiger partial charge in [-0.2, -0.15) is 11.8 Å². The van der Waals surface area contributed by atoms with E-state index in [0.717, 1.165) is 5.56 Å². The summed E-state index contributed by atoms with van der Waals surface area (Å²) in [6.07, 6.45) is 2.23. The third-order valence-corrected chi connectivity index (χ3v) is 5.17. The zero-order chi connectivity index (χ0) is 21.0. The number of fused-ring (bicyclic) bond motifs is 1. The zero-order valence-corrected chi connectivity index (χ0v) is 16.9. The standard InChI is InChI=1S/C22H21NO5S/c1-13-3-8-19-16(11-13)18(24)12-20(28-19)14-4-6-15(7-5-14)21(25)23-17(22(26)27)9-10-29-2/h3-8,11-12,17H,9-10H2,1-2H3,(H,23,25)(H,26,27). The van der Waals surface area contributed by atoms with Crippen LogP contribution < -0.4 is 10.7 Å². The van der Waals surface area contributed by atoms with Crippen LogP contribution in [0.1, 0.15) is 22.3 Å². The van der Waals surface area contributed by atoms with Crippen LogP contribution in [-0.4, -0.2) is 35.0 Å². The first-order valence-electron chi connectivity index (χ1n) is 9.06. The van der Waals surface area contributed by atoms with Crippen LogP contribution in [0.3, 0.4) is 0 Å². The molecule has 2 N–H and O–H groups in total. The van der Waals surface area contributed by atoms with Crippen LogP contribution >= 0.6 is 11.8 Å². The van der Waals surface area contributed by atoms with Gasteiger partial charge in [-0.05, 0) is 49.6 Å². The van der Waals surface area contributed by atoms with Crippen LogP contribution in [0.25, 0.3) is 22.3 Å². The van der Waals surface area contributed by atoms with E-state index in [-0.39, 0.29) is 5.43 Å². The van der Waals surface area contributed by atoms with Crippen molar-refractivity contribution in [1.29, 1.82) is 0 Å². The zero-order valence-electron chi connectivity index (χ0n) is 16.1. The Balaban J connectivity index is 1.82. The molecule has 1 heterocycles. The van der Waals surface area contributed by atoms with E-state index < -0.39 is 17.9 Å². The molecule has 1 aromatic heterocycles. The van der Waals surface area contributed by atoms with E-state index >= 15 is 0 Å². The second kappa shape index (κ2) is 8.96. The maximum absolute atomic E-state index is 12.4. The van der Waals surface area contributed by atoms with Gasteiger partial charge < -0.3 is 14.8 Å². The number of carbonyl (C=O) groups excluding carboxylic acids is 1. The molecular formula is C22H21NO5S. The number of hydrogen-bond donors (Lipinski definition) is 2. The Hall–Kier alpha value is -3.06. The highest BCUT2D eigenvalue weighted by molar-refractivity contribution is 7.98. The van der Waals surface area contributed by atoms with Gasteiger partial charge in [-0.3, -0.25) is 9.59 Å². The molecule has 0 saturated carbocycles. The molecule has 0 aliphatic carbocycles. The summed E-state index contributed by atoms with van der Waals surface area (Å²) in [6.45, 7) is 1.91. The van der Waals surface area contributed by atoms with Gasteiger partial charge in [0.1, 0.15) is 17.4 Å². The van der Waals surface area contributed by atoms with Crippen molar-refractivity contribution >= 4 is 34.6 Å². The van der Waals surface area contributed by atoms with Crippen molar-refractivity contribution < 1.29 is 19.1 Å². The first-order chi connectivity index (χ1) is 13.9. The molecule has 0 radical (unpaired) electrons. The molecule has 0 aliphatic rings. The van der Waals surface area contributed by atoms with Gasteiger partial charge in [0.2, 0.25) is 0 Å². The normalized spacial score (nSPS) is 11.9. The highest BCUT2D eigenvalue weighted by atomic mass is 32.2. The maximum atomic E-state index is 12.4. The number of carboxylic acid groups (broad SMARTS) is 1. The minimum Gasteiger partial charge on any atom is -0.480 e. The third kappa shape index (κ3) is 4.86. The average molecular weight is 411 g/mol. The predicted molar refractivity (Wildman–Crippen MR) is 115 cm³/mol. The van der Waals surface area contributed by atoms with E-state index in [1.807, 2.05) is 19.2 Å². The monoisotopic (exact) mass is 411 g/mol. The van der Waals surface area contributed by atoms with Gasteiger partial charge in [0.15, 0.2) is 5.43 Å². The summed E-state index contributed by atoms with van der Waals surface area (Å²) in [4.78, 5) is 36.1. The number of amides is 1. The molecule has 29 heavy (non-hydrogen) atoms. The molecule has 0 fully saturated rings. The minimum absolute atomic E-state index is 0.134. The fourth-order valence-electron chi connectivity index (χ4n) is 2.93. The van der Waals surface area contributed by atoms with E-state index in [9.17, 15) is 19.5 Å². The summed E-state index contributed by atoms with van der Waals surface area (Å²) in [6, 6.07) is 12.4. The van der Waals surface area contributed by atoms with Crippen LogP contribution in [0.4, 0.5) is 0 Å². The van der Waals surface area contributed by atoms with Crippen LogP contribution in [0.15, 0.2) is 57.7 Å². The number of benzene rings is 2. The Kier molecular flexibility index (Phi) is 6.39. The molecule has 0 saturated heterocycles. The Morgan fingerprint density at radius 3 is 2.52 bits per heavy atom. The number of hydrogen-bond acceptors (Lipinski definition) is 5. The molecule has 1 amide bonds. The number of rotatable bonds is 7. The van der Waals surface area contributed by atoms with Gasteiger partial charge >= 0.3 is 5.97 Å². The topological polar surface area (TPSA) is 96.6 Å². The highest BCUT2D eigenvalue weighted by Crippen LogP contribution is 2.23.